The number of anilines is 1. The van der Waals surface area contributed by atoms with E-state index in [4.69, 9.17) is 5.73 Å². The second-order valence-electron chi connectivity index (χ2n) is 5.15. The van der Waals surface area contributed by atoms with E-state index >= 15 is 0 Å². The minimum atomic E-state index is -0.314. The van der Waals surface area contributed by atoms with E-state index in [-0.39, 0.29) is 18.1 Å². The quantitative estimate of drug-likeness (QED) is 0.728. The Labute approximate surface area is 109 Å². The zero-order valence-electron chi connectivity index (χ0n) is 10.5. The Hall–Kier alpha value is -1.89. The molecule has 0 unspecified atom stereocenters. The lowest BCUT2D eigenvalue weighted by Crippen LogP contribution is -2.18. The molecule has 1 fully saturated rings. The van der Waals surface area contributed by atoms with Gasteiger partial charge >= 0.3 is 0 Å². The SMILES string of the molecule is Nc1nc2c(ncn2C[C@H]2CCC[C@H]2CO)c(=O)[nH]1. The number of nitrogen functional groups attached to an aromatic ring is 1. The van der Waals surface area contributed by atoms with Crippen molar-refractivity contribution in [2.24, 2.45) is 11.8 Å². The summed E-state index contributed by atoms with van der Waals surface area (Å²) in [6.45, 7) is 0.936. The van der Waals surface area contributed by atoms with Crippen LogP contribution in [0.1, 0.15) is 19.3 Å². The van der Waals surface area contributed by atoms with Crippen molar-refractivity contribution in [1.82, 2.24) is 19.5 Å². The number of aliphatic hydroxyl groups excluding tert-OH is 1. The Kier molecular flexibility index (Phi) is 2.98. The summed E-state index contributed by atoms with van der Waals surface area (Å²) in [5.41, 5.74) is 6.08. The molecule has 0 radical (unpaired) electrons. The van der Waals surface area contributed by atoms with Gasteiger partial charge in [0.1, 0.15) is 0 Å². The summed E-state index contributed by atoms with van der Waals surface area (Å²) in [6.07, 6.45) is 4.91. The fourth-order valence-corrected chi connectivity index (χ4v) is 2.95. The van der Waals surface area contributed by atoms with Gasteiger partial charge in [-0.05, 0) is 24.7 Å². The Bertz CT molecular complexity index is 647. The van der Waals surface area contributed by atoms with Crippen molar-refractivity contribution >= 4 is 17.1 Å². The highest BCUT2D eigenvalue weighted by Gasteiger charge is 2.27. The highest BCUT2D eigenvalue weighted by atomic mass is 16.3. The van der Waals surface area contributed by atoms with Crippen LogP contribution in [0, 0.1) is 11.8 Å². The summed E-state index contributed by atoms with van der Waals surface area (Å²) >= 11 is 0. The lowest BCUT2D eigenvalue weighted by atomic mass is 9.97. The Morgan fingerprint density at radius 3 is 3.05 bits per heavy atom. The first-order valence-corrected chi connectivity index (χ1v) is 6.50. The maximum Gasteiger partial charge on any atom is 0.280 e. The number of nitrogens with one attached hydrogen (secondary N) is 1. The largest absolute Gasteiger partial charge is 0.396 e. The highest BCUT2D eigenvalue weighted by molar-refractivity contribution is 5.70. The summed E-state index contributed by atoms with van der Waals surface area (Å²) in [5, 5.41) is 9.35. The third kappa shape index (κ3) is 2.10. The fraction of sp³-hybridized carbons (Fsp3) is 0.583. The van der Waals surface area contributed by atoms with Gasteiger partial charge in [-0.3, -0.25) is 9.78 Å². The number of aromatic nitrogens is 4. The molecule has 0 bridgehead atoms. The van der Waals surface area contributed by atoms with Crippen LogP contribution < -0.4 is 11.3 Å². The number of aliphatic hydroxyl groups is 1. The number of nitrogens with two attached hydrogens (primary N) is 1. The van der Waals surface area contributed by atoms with Crippen LogP contribution in [0.4, 0.5) is 5.95 Å². The van der Waals surface area contributed by atoms with E-state index in [9.17, 15) is 9.90 Å². The van der Waals surface area contributed by atoms with Crippen molar-refractivity contribution in [2.45, 2.75) is 25.8 Å². The summed E-state index contributed by atoms with van der Waals surface area (Å²) in [7, 11) is 0. The van der Waals surface area contributed by atoms with Crippen molar-refractivity contribution in [3.8, 4) is 0 Å². The topological polar surface area (TPSA) is 110 Å². The molecule has 2 aromatic heterocycles. The summed E-state index contributed by atoms with van der Waals surface area (Å²) in [4.78, 5) is 22.4. The van der Waals surface area contributed by atoms with E-state index in [1.165, 1.54) is 0 Å². The van der Waals surface area contributed by atoms with Gasteiger partial charge in [-0.1, -0.05) is 6.42 Å². The average molecular weight is 263 g/mol. The van der Waals surface area contributed by atoms with Gasteiger partial charge < -0.3 is 15.4 Å². The molecule has 1 aliphatic rings. The van der Waals surface area contributed by atoms with Crippen molar-refractivity contribution in [2.75, 3.05) is 12.3 Å². The number of H-pyrrole nitrogens is 1. The molecule has 4 N–H and O–H groups in total. The van der Waals surface area contributed by atoms with Crippen molar-refractivity contribution in [3.63, 3.8) is 0 Å². The average Bonchev–Trinajstić information content (AvgIpc) is 2.97. The van der Waals surface area contributed by atoms with Gasteiger partial charge in [0.25, 0.3) is 5.56 Å². The first-order valence-electron chi connectivity index (χ1n) is 6.50. The van der Waals surface area contributed by atoms with Gasteiger partial charge in [0.15, 0.2) is 11.2 Å². The number of aromatic amines is 1. The molecule has 0 aliphatic heterocycles. The first-order chi connectivity index (χ1) is 9.19. The van der Waals surface area contributed by atoms with Crippen LogP contribution in [-0.2, 0) is 6.54 Å². The number of imidazole rings is 1. The number of nitrogens with zero attached hydrogens (tertiary/aromatic N) is 3. The van der Waals surface area contributed by atoms with E-state index in [1.54, 1.807) is 6.33 Å². The minimum Gasteiger partial charge on any atom is -0.396 e. The molecule has 1 saturated carbocycles. The predicted octanol–water partition coefficient (Wildman–Crippen LogP) is 0.110. The molecule has 19 heavy (non-hydrogen) atoms. The second kappa shape index (κ2) is 4.65. The molecular weight excluding hydrogens is 246 g/mol. The van der Waals surface area contributed by atoms with E-state index in [0.717, 1.165) is 25.8 Å². The normalized spacial score (nSPS) is 23.2. The fourth-order valence-electron chi connectivity index (χ4n) is 2.95. The monoisotopic (exact) mass is 263 g/mol. The van der Waals surface area contributed by atoms with Crippen molar-refractivity contribution < 1.29 is 5.11 Å². The van der Waals surface area contributed by atoms with Gasteiger partial charge in [0, 0.05) is 13.2 Å². The third-order valence-electron chi connectivity index (χ3n) is 3.98. The number of hydrogen-bond acceptors (Lipinski definition) is 5. The maximum absolute atomic E-state index is 11.7. The number of fused-ring (bicyclic) bond motifs is 1. The summed E-state index contributed by atoms with van der Waals surface area (Å²) in [5.74, 6) is 0.839. The molecule has 0 aromatic carbocycles. The summed E-state index contributed by atoms with van der Waals surface area (Å²) < 4.78 is 1.86. The Morgan fingerprint density at radius 2 is 2.26 bits per heavy atom. The molecule has 1 aliphatic carbocycles. The Morgan fingerprint density at radius 1 is 1.47 bits per heavy atom. The lowest BCUT2D eigenvalue weighted by molar-refractivity contribution is 0.185. The van der Waals surface area contributed by atoms with Gasteiger partial charge in [0.2, 0.25) is 5.95 Å². The van der Waals surface area contributed by atoms with E-state index in [2.05, 4.69) is 15.0 Å². The lowest BCUT2D eigenvalue weighted by Gasteiger charge is -2.17. The molecule has 7 heteroatoms. The van der Waals surface area contributed by atoms with E-state index in [1.807, 2.05) is 4.57 Å². The molecule has 2 heterocycles. The number of rotatable bonds is 3. The molecule has 2 atom stereocenters. The van der Waals surface area contributed by atoms with Crippen LogP contribution in [0.3, 0.4) is 0 Å². The van der Waals surface area contributed by atoms with Crippen LogP contribution in [0.15, 0.2) is 11.1 Å². The molecule has 0 spiro atoms. The second-order valence-corrected chi connectivity index (χ2v) is 5.15. The molecule has 2 aromatic rings. The molecule has 3 rings (SSSR count). The standard InChI is InChI=1S/C12H17N5O2/c13-12-15-10-9(11(19)16-12)14-6-17(10)4-7-2-1-3-8(7)5-18/h6-8,18H,1-5H2,(H3,13,15,16,19)/t7-,8+/m1/s1. The maximum atomic E-state index is 11.7. The smallest absolute Gasteiger partial charge is 0.280 e. The third-order valence-corrected chi connectivity index (χ3v) is 3.98. The zero-order chi connectivity index (χ0) is 13.4. The van der Waals surface area contributed by atoms with Crippen LogP contribution in [0.2, 0.25) is 0 Å². The van der Waals surface area contributed by atoms with E-state index in [0.29, 0.717) is 23.0 Å². The Balaban J connectivity index is 1.95. The van der Waals surface area contributed by atoms with Gasteiger partial charge in [-0.15, -0.1) is 0 Å². The van der Waals surface area contributed by atoms with E-state index < -0.39 is 0 Å². The zero-order valence-corrected chi connectivity index (χ0v) is 10.5. The van der Waals surface area contributed by atoms with Crippen LogP contribution in [-0.4, -0.2) is 31.2 Å². The van der Waals surface area contributed by atoms with Crippen LogP contribution in [0.5, 0.6) is 0 Å². The predicted molar refractivity (Wildman–Crippen MR) is 70.5 cm³/mol. The first kappa shape index (κ1) is 12.2. The minimum absolute atomic E-state index is 0.101. The van der Waals surface area contributed by atoms with Crippen molar-refractivity contribution in [1.29, 1.82) is 0 Å². The molecule has 7 nitrogen and oxygen atoms in total. The highest BCUT2D eigenvalue weighted by Crippen LogP contribution is 2.32. The summed E-state index contributed by atoms with van der Waals surface area (Å²) in [6, 6.07) is 0. The molecule has 0 saturated heterocycles. The van der Waals surface area contributed by atoms with Gasteiger partial charge in [-0.2, -0.15) is 4.98 Å². The molecule has 0 amide bonds. The van der Waals surface area contributed by atoms with Gasteiger partial charge in [-0.25, -0.2) is 4.98 Å². The molecule has 102 valence electrons. The van der Waals surface area contributed by atoms with Crippen LogP contribution >= 0.6 is 0 Å². The van der Waals surface area contributed by atoms with Crippen LogP contribution in [0.25, 0.3) is 11.2 Å². The molecular formula is C12H17N5O2. The van der Waals surface area contributed by atoms with Crippen molar-refractivity contribution in [3.05, 3.63) is 16.7 Å². The number of hydrogen-bond donors (Lipinski definition) is 3. The van der Waals surface area contributed by atoms with Gasteiger partial charge in [0.05, 0.1) is 6.33 Å².